The molecule has 1 aliphatic heterocycles. The minimum atomic E-state index is -0.555. The third kappa shape index (κ3) is 3.84. The summed E-state index contributed by atoms with van der Waals surface area (Å²) < 4.78 is 14.2. The van der Waals surface area contributed by atoms with Crippen LogP contribution in [0.1, 0.15) is 41.8 Å². The smallest absolute Gasteiger partial charge is 0.251 e. The van der Waals surface area contributed by atoms with Crippen molar-refractivity contribution in [3.05, 3.63) is 77.6 Å². The summed E-state index contributed by atoms with van der Waals surface area (Å²) in [5.74, 6) is -0.661. The van der Waals surface area contributed by atoms with Gasteiger partial charge in [-0.1, -0.05) is 44.7 Å². The first kappa shape index (κ1) is 19.8. The fourth-order valence-electron chi connectivity index (χ4n) is 3.68. The number of anilines is 1. The zero-order valence-electron chi connectivity index (χ0n) is 16.3. The van der Waals surface area contributed by atoms with Gasteiger partial charge in [0, 0.05) is 29.8 Å². The van der Waals surface area contributed by atoms with Gasteiger partial charge in [0.15, 0.2) is 0 Å². The number of hydrogen-bond donors (Lipinski definition) is 1. The van der Waals surface area contributed by atoms with Gasteiger partial charge >= 0.3 is 0 Å². The summed E-state index contributed by atoms with van der Waals surface area (Å²) in [4.78, 5) is 26.7. The lowest BCUT2D eigenvalue weighted by atomic mass is 9.84. The van der Waals surface area contributed by atoms with Crippen molar-refractivity contribution in [1.29, 1.82) is 0 Å². The average Bonchev–Trinajstić information content (AvgIpc) is 2.70. The molecular weight excluding hydrogens is 355 g/mol. The fourth-order valence-corrected chi connectivity index (χ4v) is 3.68. The van der Waals surface area contributed by atoms with E-state index in [4.69, 9.17) is 0 Å². The molecule has 2 amide bonds. The van der Waals surface area contributed by atoms with Crippen LogP contribution in [0.25, 0.3) is 0 Å². The molecule has 0 atom stereocenters. The molecule has 28 heavy (non-hydrogen) atoms. The van der Waals surface area contributed by atoms with Gasteiger partial charge in [0.05, 0.1) is 0 Å². The predicted octanol–water partition coefficient (Wildman–Crippen LogP) is 4.00. The Morgan fingerprint density at radius 3 is 2.68 bits per heavy atom. The van der Waals surface area contributed by atoms with Gasteiger partial charge in [0.25, 0.3) is 5.91 Å². The predicted molar refractivity (Wildman–Crippen MR) is 109 cm³/mol. The van der Waals surface area contributed by atoms with Gasteiger partial charge in [0.2, 0.25) is 5.91 Å². The van der Waals surface area contributed by atoms with E-state index in [9.17, 15) is 14.0 Å². The summed E-state index contributed by atoms with van der Waals surface area (Å²) in [7, 11) is 0. The van der Waals surface area contributed by atoms with Gasteiger partial charge in [-0.15, -0.1) is 0 Å². The van der Waals surface area contributed by atoms with Crippen molar-refractivity contribution in [1.82, 2.24) is 5.32 Å². The Hall–Kier alpha value is -2.95. The number of benzene rings is 2. The molecule has 0 unspecified atom stereocenters. The Balaban J connectivity index is 1.81. The van der Waals surface area contributed by atoms with Crippen LogP contribution in [-0.4, -0.2) is 24.9 Å². The Kier molecular flexibility index (Phi) is 5.63. The Labute approximate surface area is 165 Å². The minimum Gasteiger partial charge on any atom is -0.351 e. The third-order valence-electron chi connectivity index (χ3n) is 5.23. The van der Waals surface area contributed by atoms with E-state index in [1.165, 1.54) is 12.1 Å². The van der Waals surface area contributed by atoms with Crippen LogP contribution in [0.5, 0.6) is 0 Å². The lowest BCUT2D eigenvalue weighted by Crippen LogP contribution is -2.39. The second kappa shape index (κ2) is 7.97. The molecule has 0 fully saturated rings. The molecule has 0 spiro atoms. The summed E-state index contributed by atoms with van der Waals surface area (Å²) >= 11 is 0. The van der Waals surface area contributed by atoms with Crippen LogP contribution in [0.2, 0.25) is 0 Å². The molecule has 2 aromatic rings. The molecule has 1 heterocycles. The van der Waals surface area contributed by atoms with Crippen molar-refractivity contribution < 1.29 is 14.0 Å². The molecule has 146 valence electrons. The number of rotatable bonds is 5. The van der Waals surface area contributed by atoms with E-state index in [0.29, 0.717) is 24.2 Å². The molecule has 0 bridgehead atoms. The average molecular weight is 380 g/mol. The molecule has 0 saturated heterocycles. The largest absolute Gasteiger partial charge is 0.351 e. The number of halogens is 1. The zero-order chi connectivity index (χ0) is 20.3. The normalized spacial score (nSPS) is 13.6. The minimum absolute atomic E-state index is 0.167. The van der Waals surface area contributed by atoms with Crippen LogP contribution in [-0.2, 0) is 16.6 Å². The number of fused-ring (bicyclic) bond motifs is 1. The second-order valence-electron chi connectivity index (χ2n) is 7.65. The Morgan fingerprint density at radius 1 is 1.21 bits per heavy atom. The van der Waals surface area contributed by atoms with E-state index in [-0.39, 0.29) is 17.6 Å². The van der Waals surface area contributed by atoms with Crippen LogP contribution in [0.4, 0.5) is 10.1 Å². The van der Waals surface area contributed by atoms with Crippen molar-refractivity contribution in [3.63, 3.8) is 0 Å². The van der Waals surface area contributed by atoms with Crippen molar-refractivity contribution >= 4 is 17.5 Å². The zero-order valence-corrected chi connectivity index (χ0v) is 16.3. The summed E-state index contributed by atoms with van der Waals surface area (Å²) in [6.07, 6.45) is 2.81. The highest BCUT2D eigenvalue weighted by Gasteiger charge is 2.27. The highest BCUT2D eigenvalue weighted by Crippen LogP contribution is 2.30. The van der Waals surface area contributed by atoms with E-state index >= 15 is 0 Å². The first-order valence-electron chi connectivity index (χ1n) is 9.44. The lowest BCUT2D eigenvalue weighted by molar-refractivity contribution is -0.114. The number of carbonyl (C=O) groups excluding carboxylic acids is 2. The van der Waals surface area contributed by atoms with Gasteiger partial charge in [-0.25, -0.2) is 4.39 Å². The fraction of sp³-hybridized carbons (Fsp3) is 0.304. The maximum atomic E-state index is 14.2. The molecule has 5 heteroatoms. The van der Waals surface area contributed by atoms with Gasteiger partial charge < -0.3 is 10.2 Å². The lowest BCUT2D eigenvalue weighted by Gasteiger charge is -2.30. The van der Waals surface area contributed by atoms with Crippen molar-refractivity contribution in [2.24, 2.45) is 0 Å². The number of hydrogen-bond acceptors (Lipinski definition) is 2. The molecular formula is C23H25FN2O2. The monoisotopic (exact) mass is 380 g/mol. The number of nitrogens with zero attached hydrogens (tertiary/aromatic N) is 1. The summed E-state index contributed by atoms with van der Waals surface area (Å²) in [5, 5.41) is 2.94. The topological polar surface area (TPSA) is 49.4 Å². The second-order valence-corrected chi connectivity index (χ2v) is 7.65. The first-order chi connectivity index (χ1) is 13.3. The quantitative estimate of drug-likeness (QED) is 0.797. The highest BCUT2D eigenvalue weighted by atomic mass is 19.1. The maximum Gasteiger partial charge on any atom is 0.251 e. The third-order valence-corrected chi connectivity index (χ3v) is 5.23. The summed E-state index contributed by atoms with van der Waals surface area (Å²) in [5.41, 5.74) is 2.19. The van der Waals surface area contributed by atoms with E-state index < -0.39 is 5.41 Å². The van der Waals surface area contributed by atoms with Gasteiger partial charge in [-0.05, 0) is 48.2 Å². The maximum absolute atomic E-state index is 14.2. The first-order valence-corrected chi connectivity index (χ1v) is 9.44. The molecule has 1 N–H and O–H groups in total. The van der Waals surface area contributed by atoms with Crippen molar-refractivity contribution in [3.8, 4) is 0 Å². The van der Waals surface area contributed by atoms with Crippen LogP contribution >= 0.6 is 0 Å². The van der Waals surface area contributed by atoms with E-state index in [1.807, 2.05) is 19.9 Å². The van der Waals surface area contributed by atoms with Crippen LogP contribution in [0, 0.1) is 5.82 Å². The van der Waals surface area contributed by atoms with Gasteiger partial charge in [0.1, 0.15) is 5.82 Å². The number of carbonyl (C=O) groups is 2. The molecule has 0 saturated carbocycles. The highest BCUT2D eigenvalue weighted by molar-refractivity contribution is 6.04. The number of amides is 2. The molecule has 0 aromatic heterocycles. The van der Waals surface area contributed by atoms with Crippen molar-refractivity contribution in [2.75, 3.05) is 18.0 Å². The molecule has 4 nitrogen and oxygen atoms in total. The SMILES string of the molecule is C=CC(=O)N1CCCc2c(C(=O)NCC(C)(C)c3ccccc3F)cccc21. The molecule has 1 aliphatic rings. The number of nitrogens with one attached hydrogen (secondary N) is 1. The van der Waals surface area contributed by atoms with Gasteiger partial charge in [-0.2, -0.15) is 0 Å². The van der Waals surface area contributed by atoms with E-state index in [0.717, 1.165) is 24.1 Å². The van der Waals surface area contributed by atoms with E-state index in [2.05, 4.69) is 11.9 Å². The van der Waals surface area contributed by atoms with Crippen LogP contribution < -0.4 is 10.2 Å². The summed E-state index contributed by atoms with van der Waals surface area (Å²) in [6, 6.07) is 12.0. The summed E-state index contributed by atoms with van der Waals surface area (Å²) in [6.45, 7) is 8.27. The van der Waals surface area contributed by atoms with E-state index in [1.54, 1.807) is 35.2 Å². The molecule has 0 radical (unpaired) electrons. The molecule has 2 aromatic carbocycles. The molecule has 3 rings (SSSR count). The standard InChI is InChI=1S/C23H25FN2O2/c1-4-21(27)26-14-8-10-16-17(9-7-13-20(16)26)22(28)25-15-23(2,3)18-11-5-6-12-19(18)24/h4-7,9,11-13H,1,8,10,14-15H2,2-3H3,(H,25,28). The van der Waals surface area contributed by atoms with Crippen molar-refractivity contribution in [2.45, 2.75) is 32.1 Å². The van der Waals surface area contributed by atoms with Gasteiger partial charge in [-0.3, -0.25) is 9.59 Å². The Bertz CT molecular complexity index is 921. The van der Waals surface area contributed by atoms with Crippen LogP contribution in [0.15, 0.2) is 55.1 Å². The van der Waals surface area contributed by atoms with Crippen LogP contribution in [0.3, 0.4) is 0 Å². The molecule has 0 aliphatic carbocycles. The Morgan fingerprint density at radius 2 is 1.96 bits per heavy atom.